The second-order valence-electron chi connectivity index (χ2n) is 27.3. The third-order valence-electron chi connectivity index (χ3n) is 17.7. The van der Waals surface area contributed by atoms with Gasteiger partial charge in [-0.15, -0.1) is 0 Å². The first kappa shape index (κ1) is 51.9. The molecule has 83 heavy (non-hydrogen) atoms. The van der Waals surface area contributed by atoms with Gasteiger partial charge in [0.25, 0.3) is 0 Å². The topological polar surface area (TPSA) is 56.4 Å². The van der Waals surface area contributed by atoms with Gasteiger partial charge in [0.1, 0.15) is 6.07 Å². The zero-order chi connectivity index (χ0) is 57.8. The van der Waals surface area contributed by atoms with Crippen molar-refractivity contribution in [3.05, 3.63) is 222 Å². The van der Waals surface area contributed by atoms with E-state index in [1.165, 1.54) is 22.3 Å². The molecule has 5 aromatic heterocycles. The maximum absolute atomic E-state index is 12.9. The van der Waals surface area contributed by atoms with Crippen molar-refractivity contribution in [1.82, 2.24) is 23.3 Å². The molecule has 0 fully saturated rings. The van der Waals surface area contributed by atoms with Crippen molar-refractivity contribution in [2.24, 2.45) is 0 Å². The summed E-state index contributed by atoms with van der Waals surface area (Å²) < 4.78 is 9.97. The molecule has 0 saturated heterocycles. The molecule has 14 aromatic rings. The number of pyridine rings is 1. The summed E-state index contributed by atoms with van der Waals surface area (Å²) in [5, 5.41) is 22.0. The summed E-state index contributed by atoms with van der Waals surface area (Å²) in [5.41, 5.74) is 19.1. The molecular formula is C77H70N6. The Hall–Kier alpha value is -9.18. The van der Waals surface area contributed by atoms with Crippen molar-refractivity contribution < 1.29 is 0 Å². The van der Waals surface area contributed by atoms with E-state index in [4.69, 9.17) is 4.98 Å². The number of rotatable bonds is 5. The van der Waals surface area contributed by atoms with Crippen LogP contribution in [-0.2, 0) is 21.7 Å². The monoisotopic (exact) mass is 1080 g/mol. The summed E-state index contributed by atoms with van der Waals surface area (Å²) in [7, 11) is 0. The smallest absolute Gasteiger partial charge is 0.102 e. The molecule has 5 heterocycles. The molecule has 0 unspecified atom stereocenters. The van der Waals surface area contributed by atoms with Crippen molar-refractivity contribution in [3.63, 3.8) is 0 Å². The summed E-state index contributed by atoms with van der Waals surface area (Å²) in [4.78, 5) is 5.54. The Morgan fingerprint density at radius 1 is 0.313 bits per heavy atom. The van der Waals surface area contributed by atoms with Gasteiger partial charge < -0.3 is 18.3 Å². The third-order valence-corrected chi connectivity index (χ3v) is 17.7. The van der Waals surface area contributed by atoms with Crippen molar-refractivity contribution in [2.45, 2.75) is 112 Å². The first-order valence-corrected chi connectivity index (χ1v) is 29.4. The predicted octanol–water partition coefficient (Wildman–Crippen LogP) is 20.5. The lowest BCUT2D eigenvalue weighted by Crippen LogP contribution is -2.17. The third kappa shape index (κ3) is 7.91. The van der Waals surface area contributed by atoms with Crippen LogP contribution in [0.5, 0.6) is 0 Å². The highest BCUT2D eigenvalue weighted by Crippen LogP contribution is 2.52. The van der Waals surface area contributed by atoms with Crippen LogP contribution in [0.3, 0.4) is 0 Å². The summed E-state index contributed by atoms with van der Waals surface area (Å²) >= 11 is 0. The summed E-state index contributed by atoms with van der Waals surface area (Å²) in [6.07, 6.45) is 0. The van der Waals surface area contributed by atoms with Crippen molar-refractivity contribution in [3.8, 4) is 40.1 Å². The van der Waals surface area contributed by atoms with Crippen LogP contribution in [0.2, 0.25) is 0 Å². The molecule has 14 rings (SSSR count). The fourth-order valence-corrected chi connectivity index (χ4v) is 13.3. The second kappa shape index (κ2) is 18.2. The van der Waals surface area contributed by atoms with Gasteiger partial charge in [-0.05, 0) is 136 Å². The Balaban J connectivity index is 1.35. The number of nitriles is 1. The van der Waals surface area contributed by atoms with E-state index >= 15 is 0 Å². The number of hydrogen-bond donors (Lipinski definition) is 0. The summed E-state index contributed by atoms with van der Waals surface area (Å²) in [6.45, 7) is 29.6. The molecule has 0 aliphatic rings. The average molecular weight is 1080 g/mol. The highest BCUT2D eigenvalue weighted by Gasteiger charge is 2.36. The van der Waals surface area contributed by atoms with E-state index in [0.717, 1.165) is 121 Å². The predicted molar refractivity (Wildman–Crippen MR) is 351 cm³/mol. The van der Waals surface area contributed by atoms with Gasteiger partial charge in [-0.2, -0.15) is 5.26 Å². The number of fused-ring (bicyclic) bond motifs is 12. The van der Waals surface area contributed by atoms with E-state index < -0.39 is 0 Å². The van der Waals surface area contributed by atoms with Gasteiger partial charge in [-0.1, -0.05) is 186 Å². The van der Waals surface area contributed by atoms with E-state index in [2.05, 4.69) is 302 Å². The van der Waals surface area contributed by atoms with Gasteiger partial charge in [0.2, 0.25) is 0 Å². The average Bonchev–Trinajstić information content (AvgIpc) is 2.75. The SMILES string of the molecule is Cc1cccc(-c2c(C#N)c(-n3c4ccccc4c4cc(C(C)(C)C)ccc43)c(-n3c4ccccc4c4cc(C(C)(C)C)ccc43)c(-n3c4ccccc4c4cc(C(C)(C)C)ccc43)c2-n2c3ccccc3c3cc(C(C)(C)C)ccc32)n1. The fourth-order valence-electron chi connectivity index (χ4n) is 13.3. The maximum Gasteiger partial charge on any atom is 0.102 e. The molecule has 9 aromatic carbocycles. The molecule has 408 valence electrons. The van der Waals surface area contributed by atoms with Gasteiger partial charge in [-0.3, -0.25) is 4.98 Å². The molecule has 0 radical (unpaired) electrons. The number of hydrogen-bond acceptors (Lipinski definition) is 2. The summed E-state index contributed by atoms with van der Waals surface area (Å²) in [6, 6.07) is 73.0. The number of aryl methyl sites for hydroxylation is 1. The molecule has 0 saturated carbocycles. The minimum atomic E-state index is -0.121. The van der Waals surface area contributed by atoms with E-state index in [1.54, 1.807) is 0 Å². The highest BCUT2D eigenvalue weighted by atomic mass is 15.1. The molecule has 0 aliphatic carbocycles. The first-order valence-electron chi connectivity index (χ1n) is 29.4. The number of aromatic nitrogens is 5. The Morgan fingerprint density at radius 2 is 0.602 bits per heavy atom. The van der Waals surface area contributed by atoms with E-state index in [-0.39, 0.29) is 21.7 Å². The van der Waals surface area contributed by atoms with Crippen molar-refractivity contribution >= 4 is 87.2 Å². The normalized spacial score (nSPS) is 12.9. The molecule has 0 spiro atoms. The van der Waals surface area contributed by atoms with Crippen LogP contribution < -0.4 is 0 Å². The van der Waals surface area contributed by atoms with Gasteiger partial charge in [0, 0.05) is 54.3 Å². The Morgan fingerprint density at radius 3 is 0.916 bits per heavy atom. The van der Waals surface area contributed by atoms with Gasteiger partial charge >= 0.3 is 0 Å². The largest absolute Gasteiger partial charge is 0.306 e. The minimum absolute atomic E-state index is 0.115. The van der Waals surface area contributed by atoms with E-state index in [9.17, 15) is 5.26 Å². The van der Waals surface area contributed by atoms with Gasteiger partial charge in [0.15, 0.2) is 0 Å². The Labute approximate surface area is 486 Å². The minimum Gasteiger partial charge on any atom is -0.306 e. The molecular weight excluding hydrogens is 1010 g/mol. The Kier molecular flexibility index (Phi) is 11.4. The molecule has 6 heteroatoms. The zero-order valence-corrected chi connectivity index (χ0v) is 50.1. The summed E-state index contributed by atoms with van der Waals surface area (Å²) in [5.74, 6) is 0. The molecule has 6 nitrogen and oxygen atoms in total. The molecule has 0 atom stereocenters. The number of benzene rings is 9. The van der Waals surface area contributed by atoms with Gasteiger partial charge in [-0.25, -0.2) is 0 Å². The maximum atomic E-state index is 12.9. The Bertz CT molecular complexity index is 5090. The highest BCUT2D eigenvalue weighted by molar-refractivity contribution is 6.17. The van der Waals surface area contributed by atoms with Crippen LogP contribution in [0.15, 0.2) is 188 Å². The molecule has 0 amide bonds. The lowest BCUT2D eigenvalue weighted by molar-refractivity contribution is 0.591. The van der Waals surface area contributed by atoms with Crippen molar-refractivity contribution in [2.75, 3.05) is 0 Å². The van der Waals surface area contributed by atoms with Crippen LogP contribution in [0.4, 0.5) is 0 Å². The van der Waals surface area contributed by atoms with Crippen LogP contribution >= 0.6 is 0 Å². The number of para-hydroxylation sites is 4. The van der Waals surface area contributed by atoms with E-state index in [0.29, 0.717) is 11.3 Å². The van der Waals surface area contributed by atoms with Crippen LogP contribution in [0.25, 0.3) is 121 Å². The van der Waals surface area contributed by atoms with Crippen LogP contribution in [0, 0.1) is 18.3 Å². The van der Waals surface area contributed by atoms with E-state index in [1.807, 2.05) is 0 Å². The fraction of sp³-hybridized carbons (Fsp3) is 0.221. The standard InChI is InChI=1S/C77H70N6/c1-46-23-22-28-60(79-46)69-59(45-78)70(80-61-29-18-14-24-51(61)55-41-47(74(2,3)4)33-37-65(55)80)72(82-63-31-20-16-26-53(63)57-43-49(76(8,9)10)35-39-67(57)82)73(83-64-32-21-17-27-54(64)58-44-50(77(11,12)13)36-40-68(58)83)71(69)81-62-30-19-15-25-52(62)56-42-48(75(5,6)7)34-38-66(56)81/h14-44H,1-13H3. The lowest BCUT2D eigenvalue weighted by Gasteiger charge is -2.29. The van der Waals surface area contributed by atoms with Gasteiger partial charge in [0.05, 0.1) is 78.1 Å². The molecule has 0 bridgehead atoms. The van der Waals surface area contributed by atoms with Crippen LogP contribution in [0.1, 0.15) is 117 Å². The zero-order valence-electron chi connectivity index (χ0n) is 50.1. The first-order chi connectivity index (χ1) is 39.6. The van der Waals surface area contributed by atoms with Crippen LogP contribution in [-0.4, -0.2) is 23.3 Å². The molecule has 0 aliphatic heterocycles. The quantitative estimate of drug-likeness (QED) is 0.172. The number of nitrogens with zero attached hydrogens (tertiary/aromatic N) is 6. The van der Waals surface area contributed by atoms with Crippen molar-refractivity contribution in [1.29, 1.82) is 5.26 Å². The molecule has 0 N–H and O–H groups in total. The lowest BCUT2D eigenvalue weighted by atomic mass is 9.86. The second-order valence-corrected chi connectivity index (χ2v) is 27.3.